The van der Waals surface area contributed by atoms with Crippen LogP contribution in [-0.4, -0.2) is 26.4 Å². The van der Waals surface area contributed by atoms with E-state index in [-0.39, 0.29) is 11.6 Å². The largest absolute Gasteiger partial charge is 0.481 e. The average Bonchev–Trinajstić information content (AvgIpc) is 2.71. The second-order valence-electron chi connectivity index (χ2n) is 5.17. The normalized spacial score (nSPS) is 11.5. The third-order valence-electron chi connectivity index (χ3n) is 3.01. The number of hydrogen-bond donors (Lipinski definition) is 1. The van der Waals surface area contributed by atoms with Crippen molar-refractivity contribution in [2.45, 2.75) is 32.0 Å². The first kappa shape index (κ1) is 16.5. The lowest BCUT2D eigenvalue weighted by Crippen LogP contribution is -2.05. The Kier molecular flexibility index (Phi) is 5.48. The van der Waals surface area contributed by atoms with E-state index >= 15 is 0 Å². The van der Waals surface area contributed by atoms with Gasteiger partial charge in [-0.05, 0) is 41.0 Å². The molecule has 1 aromatic heterocycles. The molecule has 1 aromatic carbocycles. The number of aromatic nitrogens is 2. The highest BCUT2D eigenvalue weighted by molar-refractivity contribution is 14.1. The summed E-state index contributed by atoms with van der Waals surface area (Å²) in [5.41, 5.74) is 1.43. The van der Waals surface area contributed by atoms with Crippen LogP contribution < -0.4 is 0 Å². The molecule has 0 aliphatic heterocycles. The van der Waals surface area contributed by atoms with Gasteiger partial charge in [0.2, 0.25) is 0 Å². The highest BCUT2D eigenvalue weighted by Crippen LogP contribution is 2.27. The first-order valence-corrected chi connectivity index (χ1v) is 8.64. The predicted octanol–water partition coefficient (Wildman–Crippen LogP) is 4.00. The molecule has 1 N–H and O–H groups in total. The number of carbonyl (C=O) groups is 1. The molecule has 7 heteroatoms. The zero-order valence-corrected chi connectivity index (χ0v) is 14.7. The summed E-state index contributed by atoms with van der Waals surface area (Å²) in [6, 6.07) is 3.18. The van der Waals surface area contributed by atoms with Crippen molar-refractivity contribution in [3.05, 3.63) is 21.5 Å². The Morgan fingerprint density at radius 3 is 2.86 bits per heavy atom. The van der Waals surface area contributed by atoms with Crippen molar-refractivity contribution in [1.29, 1.82) is 0 Å². The summed E-state index contributed by atoms with van der Waals surface area (Å²) in [6.45, 7) is 4.94. The quantitative estimate of drug-likeness (QED) is 0.565. The number of thioether (sulfide) groups is 1. The van der Waals surface area contributed by atoms with E-state index in [4.69, 9.17) is 5.11 Å². The summed E-state index contributed by atoms with van der Waals surface area (Å²) in [7, 11) is 0. The molecule has 114 valence electrons. The monoisotopic (exact) mass is 422 g/mol. The molecular formula is C14H16FIN2O2S. The van der Waals surface area contributed by atoms with E-state index in [1.54, 1.807) is 6.07 Å². The fraction of sp³-hybridized carbons (Fsp3) is 0.429. The number of fused-ring (bicyclic) bond motifs is 1. The minimum atomic E-state index is -0.886. The number of aryl methyl sites for hydroxylation is 1. The second-order valence-corrected chi connectivity index (χ2v) is 7.27. The number of benzene rings is 1. The third-order valence-corrected chi connectivity index (χ3v) is 4.80. The van der Waals surface area contributed by atoms with E-state index in [0.717, 1.165) is 11.9 Å². The SMILES string of the molecule is CC(C)CCn1c(SCC(=O)O)nc2cc(I)c(F)cc21. The third kappa shape index (κ3) is 4.09. The Bertz CT molecular complexity index is 673. The summed E-state index contributed by atoms with van der Waals surface area (Å²) < 4.78 is 16.2. The van der Waals surface area contributed by atoms with Gasteiger partial charge in [0, 0.05) is 12.6 Å². The van der Waals surface area contributed by atoms with Crippen molar-refractivity contribution < 1.29 is 14.3 Å². The van der Waals surface area contributed by atoms with Crippen molar-refractivity contribution in [1.82, 2.24) is 9.55 Å². The van der Waals surface area contributed by atoms with Crippen molar-refractivity contribution in [3.8, 4) is 0 Å². The van der Waals surface area contributed by atoms with E-state index in [1.165, 1.54) is 17.8 Å². The van der Waals surface area contributed by atoms with Crippen LogP contribution in [0.5, 0.6) is 0 Å². The minimum absolute atomic E-state index is 0.0510. The van der Waals surface area contributed by atoms with Gasteiger partial charge in [-0.3, -0.25) is 4.79 Å². The van der Waals surface area contributed by atoms with Crippen molar-refractivity contribution in [2.75, 3.05) is 5.75 Å². The molecule has 0 saturated heterocycles. The maximum absolute atomic E-state index is 13.8. The second kappa shape index (κ2) is 6.95. The molecule has 0 saturated carbocycles. The van der Waals surface area contributed by atoms with Gasteiger partial charge >= 0.3 is 5.97 Å². The van der Waals surface area contributed by atoms with Gasteiger partial charge in [-0.25, -0.2) is 9.37 Å². The Hall–Kier alpha value is -0.830. The van der Waals surface area contributed by atoms with Gasteiger partial charge in [0.15, 0.2) is 5.16 Å². The standard InChI is InChI=1S/C14H16FIN2O2S/c1-8(2)3-4-18-12-5-9(15)10(16)6-11(12)17-14(18)21-7-13(19)20/h5-6,8H,3-4,7H2,1-2H3,(H,19,20). The number of imidazole rings is 1. The maximum Gasteiger partial charge on any atom is 0.313 e. The van der Waals surface area contributed by atoms with Crippen LogP contribution in [0.4, 0.5) is 4.39 Å². The molecule has 0 amide bonds. The van der Waals surface area contributed by atoms with E-state index in [1.807, 2.05) is 27.2 Å². The van der Waals surface area contributed by atoms with Crippen LogP contribution in [0, 0.1) is 15.3 Å². The minimum Gasteiger partial charge on any atom is -0.481 e. The Morgan fingerprint density at radius 2 is 2.24 bits per heavy atom. The van der Waals surface area contributed by atoms with Crippen LogP contribution in [0.2, 0.25) is 0 Å². The molecule has 0 spiro atoms. The molecule has 0 aliphatic rings. The fourth-order valence-corrected chi connectivity index (χ4v) is 3.15. The Balaban J connectivity index is 2.43. The molecule has 4 nitrogen and oxygen atoms in total. The van der Waals surface area contributed by atoms with Gasteiger partial charge in [-0.2, -0.15) is 0 Å². The number of aliphatic carboxylic acids is 1. The van der Waals surface area contributed by atoms with Gasteiger partial charge in [0.25, 0.3) is 0 Å². The predicted molar refractivity (Wildman–Crippen MR) is 90.2 cm³/mol. The highest BCUT2D eigenvalue weighted by Gasteiger charge is 2.15. The highest BCUT2D eigenvalue weighted by atomic mass is 127. The average molecular weight is 422 g/mol. The molecule has 0 fully saturated rings. The van der Waals surface area contributed by atoms with Gasteiger partial charge in [0.1, 0.15) is 5.82 Å². The fourth-order valence-electron chi connectivity index (χ4n) is 1.94. The van der Waals surface area contributed by atoms with Gasteiger partial charge < -0.3 is 9.67 Å². The van der Waals surface area contributed by atoms with Crippen LogP contribution in [0.3, 0.4) is 0 Å². The van der Waals surface area contributed by atoms with Crippen LogP contribution in [-0.2, 0) is 11.3 Å². The van der Waals surface area contributed by atoms with Crippen LogP contribution in [0.15, 0.2) is 17.3 Å². The molecule has 0 radical (unpaired) electrons. The molecule has 0 atom stereocenters. The lowest BCUT2D eigenvalue weighted by molar-refractivity contribution is -0.133. The number of carboxylic acids is 1. The molecule has 2 aromatic rings. The van der Waals surface area contributed by atoms with Crippen LogP contribution in [0.25, 0.3) is 11.0 Å². The summed E-state index contributed by atoms with van der Waals surface area (Å²) in [6.07, 6.45) is 0.930. The first-order valence-electron chi connectivity index (χ1n) is 6.58. The van der Waals surface area contributed by atoms with Crippen LogP contribution >= 0.6 is 34.4 Å². The number of hydrogen-bond acceptors (Lipinski definition) is 3. The van der Waals surface area contributed by atoms with E-state index in [0.29, 0.717) is 26.7 Å². The molecule has 0 unspecified atom stereocenters. The zero-order chi connectivity index (χ0) is 15.6. The summed E-state index contributed by atoms with van der Waals surface area (Å²) in [5, 5.41) is 9.46. The lowest BCUT2D eigenvalue weighted by Gasteiger charge is -2.10. The smallest absolute Gasteiger partial charge is 0.313 e. The molecule has 0 bridgehead atoms. The van der Waals surface area contributed by atoms with Crippen molar-refractivity contribution in [2.24, 2.45) is 5.92 Å². The van der Waals surface area contributed by atoms with E-state index in [9.17, 15) is 9.18 Å². The molecule has 21 heavy (non-hydrogen) atoms. The summed E-state index contributed by atoms with van der Waals surface area (Å²) >= 11 is 3.10. The van der Waals surface area contributed by atoms with Crippen molar-refractivity contribution in [3.63, 3.8) is 0 Å². The Labute approximate surface area is 140 Å². The van der Waals surface area contributed by atoms with Gasteiger partial charge in [-0.1, -0.05) is 25.6 Å². The first-order chi connectivity index (χ1) is 9.88. The molecule has 1 heterocycles. The van der Waals surface area contributed by atoms with Crippen molar-refractivity contribution >= 4 is 51.4 Å². The maximum atomic E-state index is 13.8. The number of nitrogens with zero attached hydrogens (tertiary/aromatic N) is 2. The van der Waals surface area contributed by atoms with Gasteiger partial charge in [-0.15, -0.1) is 0 Å². The summed E-state index contributed by atoms with van der Waals surface area (Å²) in [4.78, 5) is 15.2. The number of carboxylic acid groups (broad SMARTS) is 1. The Morgan fingerprint density at radius 1 is 1.52 bits per heavy atom. The number of halogens is 2. The zero-order valence-electron chi connectivity index (χ0n) is 11.8. The lowest BCUT2D eigenvalue weighted by atomic mass is 10.1. The molecule has 2 rings (SSSR count). The summed E-state index contributed by atoms with van der Waals surface area (Å²) in [5.74, 6) is -0.704. The van der Waals surface area contributed by atoms with Gasteiger partial charge in [0.05, 0.1) is 20.4 Å². The van der Waals surface area contributed by atoms with Crippen LogP contribution in [0.1, 0.15) is 20.3 Å². The molecular weight excluding hydrogens is 406 g/mol. The molecule has 0 aliphatic carbocycles. The van der Waals surface area contributed by atoms with E-state index in [2.05, 4.69) is 18.8 Å². The van der Waals surface area contributed by atoms with E-state index < -0.39 is 5.97 Å². The topological polar surface area (TPSA) is 55.1 Å². The number of rotatable bonds is 6.